The van der Waals surface area contributed by atoms with Crippen LogP contribution in [0.2, 0.25) is 0 Å². The molecule has 0 bridgehead atoms. The van der Waals surface area contributed by atoms with Gasteiger partial charge in [-0.2, -0.15) is 0 Å². The van der Waals surface area contributed by atoms with Crippen molar-refractivity contribution in [2.75, 3.05) is 27.3 Å². The second kappa shape index (κ2) is 8.06. The summed E-state index contributed by atoms with van der Waals surface area (Å²) in [6, 6.07) is 8.49. The van der Waals surface area contributed by atoms with Crippen molar-refractivity contribution >= 4 is 17.3 Å². The zero-order chi connectivity index (χ0) is 13.4. The normalized spacial score (nSPS) is 10.2. The molecule has 4 heteroatoms. The molecule has 0 amide bonds. The Hall–Kier alpha value is -1.13. The minimum Gasteiger partial charge on any atom is -0.385 e. The average Bonchev–Trinajstić information content (AvgIpc) is 2.34. The third-order valence-electron chi connectivity index (χ3n) is 2.65. The van der Waals surface area contributed by atoms with Crippen molar-refractivity contribution in [3.63, 3.8) is 0 Å². The van der Waals surface area contributed by atoms with Crippen LogP contribution < -0.4 is 5.32 Å². The highest BCUT2D eigenvalue weighted by molar-refractivity contribution is 7.80. The topological polar surface area (TPSA) is 24.5 Å². The quantitative estimate of drug-likeness (QED) is 0.631. The van der Waals surface area contributed by atoms with Crippen LogP contribution >= 0.6 is 12.2 Å². The zero-order valence-electron chi connectivity index (χ0n) is 11.4. The van der Waals surface area contributed by atoms with Gasteiger partial charge < -0.3 is 15.0 Å². The van der Waals surface area contributed by atoms with Gasteiger partial charge in [0.25, 0.3) is 0 Å². The van der Waals surface area contributed by atoms with E-state index >= 15 is 0 Å². The van der Waals surface area contributed by atoms with Gasteiger partial charge in [0.1, 0.15) is 0 Å². The van der Waals surface area contributed by atoms with Crippen LogP contribution in [0.4, 0.5) is 0 Å². The number of hydrogen-bond donors (Lipinski definition) is 1. The summed E-state index contributed by atoms with van der Waals surface area (Å²) in [7, 11) is 3.72. The van der Waals surface area contributed by atoms with Crippen LogP contribution in [-0.2, 0) is 11.3 Å². The highest BCUT2D eigenvalue weighted by Crippen LogP contribution is 2.06. The molecule has 0 aromatic heterocycles. The van der Waals surface area contributed by atoms with Crippen LogP contribution in [0.1, 0.15) is 17.5 Å². The predicted octanol–water partition coefficient (Wildman–Crippen LogP) is 2.34. The predicted molar refractivity (Wildman–Crippen MR) is 79.7 cm³/mol. The molecular weight excluding hydrogens is 244 g/mol. The molecule has 0 aliphatic rings. The largest absolute Gasteiger partial charge is 0.385 e. The van der Waals surface area contributed by atoms with Crippen LogP contribution in [0.15, 0.2) is 24.3 Å². The van der Waals surface area contributed by atoms with Crippen LogP contribution in [-0.4, -0.2) is 37.3 Å². The smallest absolute Gasteiger partial charge is 0.168 e. The van der Waals surface area contributed by atoms with Crippen molar-refractivity contribution in [2.45, 2.75) is 19.9 Å². The zero-order valence-corrected chi connectivity index (χ0v) is 12.2. The monoisotopic (exact) mass is 266 g/mol. The Morgan fingerprint density at radius 3 is 2.89 bits per heavy atom. The molecular formula is C14H22N2OS. The van der Waals surface area contributed by atoms with Gasteiger partial charge in [0.15, 0.2) is 5.11 Å². The minimum absolute atomic E-state index is 0.761. The number of thiocarbonyl (C=S) groups is 1. The number of nitrogens with zero attached hydrogens (tertiary/aromatic N) is 1. The first-order valence-corrected chi connectivity index (χ1v) is 6.57. The number of aryl methyl sites for hydroxylation is 1. The summed E-state index contributed by atoms with van der Waals surface area (Å²) in [6.07, 6.45) is 0.967. The lowest BCUT2D eigenvalue weighted by Crippen LogP contribution is -2.37. The lowest BCUT2D eigenvalue weighted by atomic mass is 10.1. The van der Waals surface area contributed by atoms with Gasteiger partial charge >= 0.3 is 0 Å². The van der Waals surface area contributed by atoms with E-state index in [1.54, 1.807) is 7.11 Å². The fraction of sp³-hybridized carbons (Fsp3) is 0.500. The molecule has 0 aliphatic heterocycles. The van der Waals surface area contributed by atoms with E-state index in [-0.39, 0.29) is 0 Å². The number of rotatable bonds is 6. The van der Waals surface area contributed by atoms with Crippen molar-refractivity contribution in [3.8, 4) is 0 Å². The number of nitrogens with one attached hydrogen (secondary N) is 1. The fourth-order valence-electron chi connectivity index (χ4n) is 1.70. The highest BCUT2D eigenvalue weighted by Gasteiger charge is 2.04. The van der Waals surface area contributed by atoms with Gasteiger partial charge in [0.2, 0.25) is 0 Å². The Balaban J connectivity index is 2.35. The third-order valence-corrected chi connectivity index (χ3v) is 3.11. The Labute approximate surface area is 115 Å². The second-order valence-electron chi connectivity index (χ2n) is 4.42. The Morgan fingerprint density at radius 2 is 2.22 bits per heavy atom. The molecule has 0 atom stereocenters. The minimum atomic E-state index is 0.761. The van der Waals surface area contributed by atoms with Crippen molar-refractivity contribution < 1.29 is 4.74 Å². The standard InChI is InChI=1S/C14H22N2OS/c1-12-6-4-7-13(10-12)11-16(2)14(18)15-8-5-9-17-3/h4,6-7,10H,5,8-9,11H2,1-3H3,(H,15,18). The maximum absolute atomic E-state index is 5.33. The van der Waals surface area contributed by atoms with E-state index in [1.807, 2.05) is 7.05 Å². The van der Waals surface area contributed by atoms with Crippen LogP contribution in [0.25, 0.3) is 0 Å². The van der Waals surface area contributed by atoms with Gasteiger partial charge in [-0.25, -0.2) is 0 Å². The average molecular weight is 266 g/mol. The SMILES string of the molecule is COCCCNC(=S)N(C)Cc1cccc(C)c1. The molecule has 0 unspecified atom stereocenters. The maximum Gasteiger partial charge on any atom is 0.168 e. The lowest BCUT2D eigenvalue weighted by molar-refractivity contribution is 0.195. The molecule has 0 aliphatic carbocycles. The van der Waals surface area contributed by atoms with Gasteiger partial charge in [-0.1, -0.05) is 29.8 Å². The molecule has 0 spiro atoms. The Bertz CT molecular complexity index is 382. The van der Waals surface area contributed by atoms with E-state index in [1.165, 1.54) is 11.1 Å². The van der Waals surface area contributed by atoms with Gasteiger partial charge in [-0.3, -0.25) is 0 Å². The van der Waals surface area contributed by atoms with E-state index < -0.39 is 0 Å². The van der Waals surface area contributed by atoms with Crippen molar-refractivity contribution in [1.29, 1.82) is 0 Å². The van der Waals surface area contributed by atoms with Gasteiger partial charge in [-0.05, 0) is 31.1 Å². The lowest BCUT2D eigenvalue weighted by Gasteiger charge is -2.21. The van der Waals surface area contributed by atoms with Gasteiger partial charge in [-0.15, -0.1) is 0 Å². The molecule has 0 radical (unpaired) electrons. The second-order valence-corrected chi connectivity index (χ2v) is 4.81. The molecule has 1 aromatic carbocycles. The van der Waals surface area contributed by atoms with Gasteiger partial charge in [0, 0.05) is 33.9 Å². The molecule has 3 nitrogen and oxygen atoms in total. The number of ether oxygens (including phenoxy) is 1. The van der Waals surface area contributed by atoms with Crippen LogP contribution in [0, 0.1) is 6.92 Å². The third kappa shape index (κ3) is 5.47. The first-order chi connectivity index (χ1) is 8.63. The summed E-state index contributed by atoms with van der Waals surface area (Å²) in [4.78, 5) is 2.05. The molecule has 0 saturated heterocycles. The molecule has 0 saturated carbocycles. The first-order valence-electron chi connectivity index (χ1n) is 6.17. The summed E-state index contributed by atoms with van der Waals surface area (Å²) in [5, 5.41) is 4.01. The molecule has 0 fully saturated rings. The number of benzene rings is 1. The molecule has 1 aromatic rings. The summed E-state index contributed by atoms with van der Waals surface area (Å²) >= 11 is 5.33. The molecule has 0 heterocycles. The van der Waals surface area contributed by atoms with Crippen LogP contribution in [0.3, 0.4) is 0 Å². The Kier molecular flexibility index (Phi) is 6.68. The first kappa shape index (κ1) is 14.9. The van der Waals surface area contributed by atoms with Crippen molar-refractivity contribution in [1.82, 2.24) is 10.2 Å². The van der Waals surface area contributed by atoms with E-state index in [0.717, 1.165) is 31.2 Å². The van der Waals surface area contributed by atoms with E-state index in [4.69, 9.17) is 17.0 Å². The van der Waals surface area contributed by atoms with Gasteiger partial charge in [0.05, 0.1) is 0 Å². The van der Waals surface area contributed by atoms with E-state index in [9.17, 15) is 0 Å². The fourth-order valence-corrected chi connectivity index (χ4v) is 1.87. The van der Waals surface area contributed by atoms with Crippen molar-refractivity contribution in [2.24, 2.45) is 0 Å². The molecule has 18 heavy (non-hydrogen) atoms. The highest BCUT2D eigenvalue weighted by atomic mass is 32.1. The summed E-state index contributed by atoms with van der Waals surface area (Å²) in [6.45, 7) is 4.55. The molecule has 100 valence electrons. The number of hydrogen-bond acceptors (Lipinski definition) is 2. The van der Waals surface area contributed by atoms with E-state index in [2.05, 4.69) is 41.4 Å². The molecule has 1 rings (SSSR count). The van der Waals surface area contributed by atoms with Crippen molar-refractivity contribution in [3.05, 3.63) is 35.4 Å². The Morgan fingerprint density at radius 1 is 1.44 bits per heavy atom. The summed E-state index contributed by atoms with van der Waals surface area (Å²) < 4.78 is 5.00. The van der Waals surface area contributed by atoms with Crippen LogP contribution in [0.5, 0.6) is 0 Å². The van der Waals surface area contributed by atoms with E-state index in [0.29, 0.717) is 0 Å². The number of methoxy groups -OCH3 is 1. The molecule has 1 N–H and O–H groups in total. The summed E-state index contributed by atoms with van der Waals surface area (Å²) in [5.74, 6) is 0. The summed E-state index contributed by atoms with van der Waals surface area (Å²) in [5.41, 5.74) is 2.55. The maximum atomic E-state index is 5.33.